The van der Waals surface area contributed by atoms with Gasteiger partial charge in [0.15, 0.2) is 0 Å². The zero-order valence-corrected chi connectivity index (χ0v) is 8.07. The average molecular weight is 275 g/mol. The van der Waals surface area contributed by atoms with E-state index in [1.807, 2.05) is 27.8 Å². The van der Waals surface area contributed by atoms with Gasteiger partial charge in [0.05, 0.1) is 5.94 Å². The molecule has 0 aromatic carbocycles. The lowest BCUT2D eigenvalue weighted by Crippen LogP contribution is -2.02. The molecule has 0 saturated heterocycles. The predicted octanol–water partition coefficient (Wildman–Crippen LogP) is 1.80. The quantitative estimate of drug-likeness (QED) is 0.212. The van der Waals surface area contributed by atoms with Gasteiger partial charge in [0.25, 0.3) is 0 Å². The van der Waals surface area contributed by atoms with Crippen LogP contribution in [0.2, 0.25) is 0 Å². The van der Waals surface area contributed by atoms with Gasteiger partial charge in [0.2, 0.25) is 0 Å². The molecule has 0 aliphatic rings. The minimum atomic E-state index is -0.275. The maximum Gasteiger partial charge on any atom is 0.463 e. The highest BCUT2D eigenvalue weighted by molar-refractivity contribution is 14.1. The van der Waals surface area contributed by atoms with E-state index in [4.69, 9.17) is 14.5 Å². The number of hydrogen-bond donors (Lipinski definition) is 1. The Kier molecular flexibility index (Phi) is 7.72. The zero-order chi connectivity index (χ0) is 7.11. The van der Waals surface area contributed by atoms with E-state index in [-0.39, 0.29) is 4.05 Å². The Balaban J connectivity index is 2.99. The number of thiocyanates is 1. The Morgan fingerprint density at radius 3 is 3.00 bits per heavy atom. The van der Waals surface area contributed by atoms with Crippen molar-refractivity contribution in [3.8, 4) is 5.40 Å². The maximum absolute atomic E-state index is 8.33. The largest absolute Gasteiger partial charge is 0.463 e. The van der Waals surface area contributed by atoms with Gasteiger partial charge < -0.3 is 9.21 Å². The van der Waals surface area contributed by atoms with Crippen LogP contribution in [0.25, 0.3) is 0 Å². The highest BCUT2D eigenvalue weighted by atomic mass is 127. The summed E-state index contributed by atoms with van der Waals surface area (Å²) in [6.45, 7) is 0. The van der Waals surface area contributed by atoms with Gasteiger partial charge in [-0.1, -0.05) is 22.4 Å². The molecule has 0 aliphatic heterocycles. The van der Waals surface area contributed by atoms with Gasteiger partial charge in [-0.25, -0.2) is 0 Å². The summed E-state index contributed by atoms with van der Waals surface area (Å²) >= 11 is 3.54. The summed E-state index contributed by atoms with van der Waals surface area (Å²) in [4.78, 5) is 0. The fraction of sp³-hybridized carbons (Fsp3) is 0.500. The molecule has 0 saturated carbocycles. The van der Waals surface area contributed by atoms with Gasteiger partial charge in [-0.2, -0.15) is 5.26 Å². The van der Waals surface area contributed by atoms with Crippen molar-refractivity contribution in [3.05, 3.63) is 0 Å². The third-order valence-corrected chi connectivity index (χ3v) is 2.13. The molecule has 0 rings (SSSR count). The Labute approximate surface area is 75.6 Å². The van der Waals surface area contributed by atoms with E-state index < -0.39 is 0 Å². The molecule has 0 spiro atoms. The van der Waals surface area contributed by atoms with Crippen molar-refractivity contribution >= 4 is 50.1 Å². The maximum atomic E-state index is 8.33. The lowest BCUT2D eigenvalue weighted by atomic mass is 10.5. The van der Waals surface area contributed by atoms with Crippen LogP contribution in [0.15, 0.2) is 0 Å². The molecule has 0 amide bonds. The first-order valence-corrected chi connectivity index (χ1v) is 4.95. The summed E-state index contributed by atoms with van der Waals surface area (Å²) < 4.78 is 12.9. The SMILES string of the molecule is N#CSCOB(I)SO. The van der Waals surface area contributed by atoms with E-state index in [1.54, 1.807) is 0 Å². The topological polar surface area (TPSA) is 53.2 Å². The standard InChI is InChI=1S/C2H3BINO2S2/c4-3(9-6)7-2-8-1-5/h6H,2H2. The second-order valence-electron chi connectivity index (χ2n) is 0.900. The molecule has 0 fully saturated rings. The van der Waals surface area contributed by atoms with Crippen molar-refractivity contribution < 1.29 is 9.21 Å². The molecule has 3 nitrogen and oxygen atoms in total. The smallest absolute Gasteiger partial charge is 0.406 e. The molecule has 0 radical (unpaired) electrons. The molecule has 1 N–H and O–H groups in total. The van der Waals surface area contributed by atoms with Crippen LogP contribution in [0.1, 0.15) is 0 Å². The van der Waals surface area contributed by atoms with Crippen molar-refractivity contribution in [2.75, 3.05) is 5.94 Å². The van der Waals surface area contributed by atoms with Gasteiger partial charge in [0.1, 0.15) is 5.40 Å². The molecule has 0 bridgehead atoms. The van der Waals surface area contributed by atoms with Crippen LogP contribution in [0, 0.1) is 10.7 Å². The number of halogens is 1. The summed E-state index contributed by atoms with van der Waals surface area (Å²) in [6, 6.07) is 0. The molecular weight excluding hydrogens is 272 g/mol. The number of rotatable bonds is 4. The highest BCUT2D eigenvalue weighted by Gasteiger charge is 2.09. The molecule has 0 aromatic rings. The lowest BCUT2D eigenvalue weighted by molar-refractivity contribution is 0.428. The van der Waals surface area contributed by atoms with Crippen LogP contribution in [0.3, 0.4) is 0 Å². The van der Waals surface area contributed by atoms with Crippen molar-refractivity contribution in [2.45, 2.75) is 0 Å². The molecule has 0 atom stereocenters. The molecule has 0 heterocycles. The first-order valence-electron chi connectivity index (χ1n) is 1.88. The lowest BCUT2D eigenvalue weighted by Gasteiger charge is -1.98. The van der Waals surface area contributed by atoms with Crippen LogP contribution in [0.4, 0.5) is 0 Å². The fourth-order valence-corrected chi connectivity index (χ4v) is 1.04. The zero-order valence-electron chi connectivity index (χ0n) is 4.28. The van der Waals surface area contributed by atoms with Crippen LogP contribution in [-0.2, 0) is 4.65 Å². The molecule has 0 aromatic heterocycles. The summed E-state index contributed by atoms with van der Waals surface area (Å²) in [5, 5.41) is 9.86. The number of nitriles is 1. The van der Waals surface area contributed by atoms with Crippen LogP contribution >= 0.6 is 46.0 Å². The van der Waals surface area contributed by atoms with Gasteiger partial charge in [-0.05, 0) is 23.7 Å². The summed E-state index contributed by atoms with van der Waals surface area (Å²) in [5.74, 6) is 0.303. The summed E-state index contributed by atoms with van der Waals surface area (Å²) in [5.41, 5.74) is 0. The second kappa shape index (κ2) is 7.02. The molecule has 0 unspecified atom stereocenters. The Morgan fingerprint density at radius 2 is 2.56 bits per heavy atom. The summed E-state index contributed by atoms with van der Waals surface area (Å²) in [7, 11) is 0. The van der Waals surface area contributed by atoms with E-state index in [1.165, 1.54) is 0 Å². The van der Waals surface area contributed by atoms with Crippen LogP contribution < -0.4 is 0 Å². The molecule has 50 valence electrons. The summed E-state index contributed by atoms with van der Waals surface area (Å²) in [6.07, 6.45) is 0. The van der Waals surface area contributed by atoms with E-state index in [0.29, 0.717) is 17.8 Å². The third-order valence-electron chi connectivity index (χ3n) is 0.405. The molecule has 9 heavy (non-hydrogen) atoms. The van der Waals surface area contributed by atoms with Crippen molar-refractivity contribution in [3.63, 3.8) is 0 Å². The normalized spacial score (nSPS) is 8.56. The molecular formula is C2H3BINO2S2. The third kappa shape index (κ3) is 6.79. The second-order valence-corrected chi connectivity index (χ2v) is 4.22. The highest BCUT2D eigenvalue weighted by Crippen LogP contribution is 2.12. The van der Waals surface area contributed by atoms with Gasteiger partial charge in [-0.15, -0.1) is 0 Å². The molecule has 0 aliphatic carbocycles. The number of thioether (sulfide) groups is 1. The van der Waals surface area contributed by atoms with E-state index in [2.05, 4.69) is 0 Å². The van der Waals surface area contributed by atoms with E-state index >= 15 is 0 Å². The minimum absolute atomic E-state index is 0.275. The van der Waals surface area contributed by atoms with Gasteiger partial charge >= 0.3 is 4.05 Å². The first kappa shape index (κ1) is 9.90. The minimum Gasteiger partial charge on any atom is -0.406 e. The first-order chi connectivity index (χ1) is 4.31. The Bertz CT molecular complexity index is 109. The van der Waals surface area contributed by atoms with Crippen molar-refractivity contribution in [2.24, 2.45) is 0 Å². The van der Waals surface area contributed by atoms with E-state index in [9.17, 15) is 0 Å². The van der Waals surface area contributed by atoms with E-state index in [0.717, 1.165) is 11.8 Å². The van der Waals surface area contributed by atoms with Crippen molar-refractivity contribution in [1.82, 2.24) is 0 Å². The van der Waals surface area contributed by atoms with Gasteiger partial charge in [-0.3, -0.25) is 0 Å². The van der Waals surface area contributed by atoms with Crippen molar-refractivity contribution in [1.29, 1.82) is 5.26 Å². The predicted molar refractivity (Wildman–Crippen MR) is 49.1 cm³/mol. The number of nitrogens with zero attached hydrogens (tertiary/aromatic N) is 1. The fourth-order valence-electron chi connectivity index (χ4n) is 0.144. The number of hydrogen-bond acceptors (Lipinski definition) is 5. The molecule has 7 heteroatoms. The average Bonchev–Trinajstić information content (AvgIpc) is 1.89. The van der Waals surface area contributed by atoms with Gasteiger partial charge in [0, 0.05) is 0 Å². The Morgan fingerprint density at radius 1 is 1.89 bits per heavy atom. The van der Waals surface area contributed by atoms with Crippen LogP contribution in [-0.4, -0.2) is 14.5 Å². The van der Waals surface area contributed by atoms with Crippen LogP contribution in [0.5, 0.6) is 0 Å². The Hall–Kier alpha value is 0.905. The monoisotopic (exact) mass is 275 g/mol.